The summed E-state index contributed by atoms with van der Waals surface area (Å²) in [4.78, 5) is 23.5. The van der Waals surface area contributed by atoms with Gasteiger partial charge in [-0.15, -0.1) is 0 Å². The van der Waals surface area contributed by atoms with E-state index in [1.165, 1.54) is 0 Å². The molecule has 1 fully saturated rings. The van der Waals surface area contributed by atoms with Gasteiger partial charge in [0, 0.05) is 6.54 Å². The molecule has 0 saturated heterocycles. The summed E-state index contributed by atoms with van der Waals surface area (Å²) in [5, 5.41) is 2.76. The van der Waals surface area contributed by atoms with Crippen LogP contribution in [0.3, 0.4) is 0 Å². The second-order valence-electron chi connectivity index (χ2n) is 5.46. The molecule has 114 valence electrons. The normalized spacial score (nSPS) is 21.3. The van der Waals surface area contributed by atoms with Gasteiger partial charge in [-0.25, -0.2) is 0 Å². The molecule has 1 N–H and O–H groups in total. The third-order valence-electron chi connectivity index (χ3n) is 3.70. The molecule has 1 aliphatic carbocycles. The van der Waals surface area contributed by atoms with Crippen LogP contribution in [0.1, 0.15) is 25.8 Å². The van der Waals surface area contributed by atoms with Crippen LogP contribution < -0.4 is 10.1 Å². The molecule has 3 atom stereocenters. The van der Waals surface area contributed by atoms with E-state index in [2.05, 4.69) is 5.32 Å². The van der Waals surface area contributed by atoms with Gasteiger partial charge in [0.25, 0.3) is 5.91 Å². The van der Waals surface area contributed by atoms with Gasteiger partial charge in [-0.1, -0.05) is 19.1 Å². The zero-order valence-electron chi connectivity index (χ0n) is 12.6. The third-order valence-corrected chi connectivity index (χ3v) is 3.70. The molecule has 1 aromatic carbocycles. The second-order valence-corrected chi connectivity index (χ2v) is 5.46. The molecular weight excluding hydrogens is 270 g/mol. The van der Waals surface area contributed by atoms with Gasteiger partial charge in [-0.05, 0) is 37.0 Å². The number of hydrogen-bond donors (Lipinski definition) is 1. The Kier molecular flexibility index (Phi) is 4.83. The van der Waals surface area contributed by atoms with Gasteiger partial charge >= 0.3 is 5.97 Å². The lowest BCUT2D eigenvalue weighted by molar-refractivity contribution is -0.156. The monoisotopic (exact) mass is 291 g/mol. The van der Waals surface area contributed by atoms with Gasteiger partial charge in [0.05, 0.1) is 13.0 Å². The summed E-state index contributed by atoms with van der Waals surface area (Å²) in [6.45, 7) is 3.99. The van der Waals surface area contributed by atoms with Crippen LogP contribution in [0, 0.1) is 11.8 Å². The molecule has 0 spiro atoms. The highest BCUT2D eigenvalue weighted by molar-refractivity contribution is 5.84. The number of esters is 1. The fourth-order valence-corrected chi connectivity index (χ4v) is 2.04. The van der Waals surface area contributed by atoms with E-state index in [9.17, 15) is 9.59 Å². The predicted molar refractivity (Wildman–Crippen MR) is 77.7 cm³/mol. The lowest BCUT2D eigenvalue weighted by Crippen LogP contribution is -2.35. The van der Waals surface area contributed by atoms with Crippen LogP contribution in [0.25, 0.3) is 0 Å². The Labute approximate surface area is 124 Å². The number of carbonyl (C=O) groups is 2. The molecule has 5 nitrogen and oxygen atoms in total. The van der Waals surface area contributed by atoms with E-state index in [4.69, 9.17) is 9.47 Å². The quantitative estimate of drug-likeness (QED) is 0.813. The summed E-state index contributed by atoms with van der Waals surface area (Å²) >= 11 is 0. The van der Waals surface area contributed by atoms with Crippen LogP contribution in [0.2, 0.25) is 0 Å². The van der Waals surface area contributed by atoms with E-state index in [0.29, 0.717) is 12.5 Å². The van der Waals surface area contributed by atoms with Crippen molar-refractivity contribution in [2.45, 2.75) is 32.9 Å². The Morgan fingerprint density at radius 1 is 1.33 bits per heavy atom. The Hall–Kier alpha value is -2.04. The van der Waals surface area contributed by atoms with Crippen LogP contribution in [-0.2, 0) is 20.9 Å². The molecule has 0 radical (unpaired) electrons. The van der Waals surface area contributed by atoms with E-state index in [0.717, 1.165) is 17.7 Å². The minimum atomic E-state index is -0.761. The average molecular weight is 291 g/mol. The number of amides is 1. The fourth-order valence-electron chi connectivity index (χ4n) is 2.04. The van der Waals surface area contributed by atoms with E-state index in [1.54, 1.807) is 14.0 Å². The molecule has 1 amide bonds. The molecule has 0 heterocycles. The number of benzene rings is 1. The van der Waals surface area contributed by atoms with Crippen molar-refractivity contribution in [2.24, 2.45) is 11.8 Å². The molecular formula is C16H21NO4. The molecule has 0 aliphatic heterocycles. The van der Waals surface area contributed by atoms with Crippen molar-refractivity contribution < 1.29 is 19.1 Å². The summed E-state index contributed by atoms with van der Waals surface area (Å²) in [5.41, 5.74) is 0.957. The van der Waals surface area contributed by atoms with Gasteiger partial charge in [-0.2, -0.15) is 0 Å². The van der Waals surface area contributed by atoms with Crippen molar-refractivity contribution in [3.05, 3.63) is 29.8 Å². The topological polar surface area (TPSA) is 64.6 Å². The lowest BCUT2D eigenvalue weighted by Gasteiger charge is -2.13. The summed E-state index contributed by atoms with van der Waals surface area (Å²) in [6.07, 6.45) is 0.0995. The van der Waals surface area contributed by atoms with Gasteiger partial charge in [-0.3, -0.25) is 9.59 Å². The molecule has 2 rings (SSSR count). The van der Waals surface area contributed by atoms with Crippen LogP contribution in [-0.4, -0.2) is 25.1 Å². The third kappa shape index (κ3) is 4.21. The second kappa shape index (κ2) is 6.61. The van der Waals surface area contributed by atoms with Gasteiger partial charge in [0.2, 0.25) is 0 Å². The maximum absolute atomic E-state index is 11.9. The zero-order valence-corrected chi connectivity index (χ0v) is 12.6. The Morgan fingerprint density at radius 2 is 1.95 bits per heavy atom. The first kappa shape index (κ1) is 15.4. The Morgan fingerprint density at radius 3 is 2.48 bits per heavy atom. The molecule has 5 heteroatoms. The smallest absolute Gasteiger partial charge is 0.309 e. The standard InChI is InChI=1S/C16H21NO4/c1-10-8-14(10)16(19)21-11(2)15(18)17-9-12-4-6-13(20-3)7-5-12/h4-7,10-11,14H,8-9H2,1-3H3,(H,17,18)/t10-,11-,14-/m0/s1. The average Bonchev–Trinajstić information content (AvgIpc) is 3.22. The van der Waals surface area contributed by atoms with E-state index >= 15 is 0 Å². The summed E-state index contributed by atoms with van der Waals surface area (Å²) in [5.74, 6) is 0.571. The maximum Gasteiger partial charge on any atom is 0.309 e. The fraction of sp³-hybridized carbons (Fsp3) is 0.500. The van der Waals surface area contributed by atoms with E-state index in [-0.39, 0.29) is 17.8 Å². The van der Waals surface area contributed by atoms with E-state index in [1.807, 2.05) is 31.2 Å². The summed E-state index contributed by atoms with van der Waals surface area (Å²) < 4.78 is 10.2. The Bertz CT molecular complexity index is 512. The summed E-state index contributed by atoms with van der Waals surface area (Å²) in [7, 11) is 1.60. The van der Waals surface area contributed by atoms with Crippen LogP contribution in [0.15, 0.2) is 24.3 Å². The maximum atomic E-state index is 11.9. The van der Waals surface area contributed by atoms with Crippen LogP contribution in [0.4, 0.5) is 0 Å². The molecule has 0 bridgehead atoms. The first-order valence-corrected chi connectivity index (χ1v) is 7.12. The van der Waals surface area contributed by atoms with Crippen molar-refractivity contribution in [3.63, 3.8) is 0 Å². The highest BCUT2D eigenvalue weighted by Gasteiger charge is 2.41. The molecule has 0 aromatic heterocycles. The largest absolute Gasteiger partial charge is 0.497 e. The molecule has 21 heavy (non-hydrogen) atoms. The van der Waals surface area contributed by atoms with Crippen molar-refractivity contribution in [1.29, 1.82) is 0 Å². The van der Waals surface area contributed by atoms with Crippen molar-refractivity contribution in [1.82, 2.24) is 5.32 Å². The first-order chi connectivity index (χ1) is 10.0. The summed E-state index contributed by atoms with van der Waals surface area (Å²) in [6, 6.07) is 7.42. The predicted octanol–water partition coefficient (Wildman–Crippen LogP) is 1.90. The number of hydrogen-bond acceptors (Lipinski definition) is 4. The molecule has 0 unspecified atom stereocenters. The number of rotatable bonds is 6. The molecule has 1 aromatic rings. The number of carbonyl (C=O) groups excluding carboxylic acids is 2. The zero-order chi connectivity index (χ0) is 15.4. The van der Waals surface area contributed by atoms with Crippen molar-refractivity contribution >= 4 is 11.9 Å². The van der Waals surface area contributed by atoms with Crippen LogP contribution >= 0.6 is 0 Å². The Balaban J connectivity index is 1.76. The molecule has 1 aliphatic rings. The SMILES string of the molecule is COc1ccc(CNC(=O)[C@H](C)OC(=O)[C@H]2C[C@@H]2C)cc1. The minimum Gasteiger partial charge on any atom is -0.497 e. The van der Waals surface area contributed by atoms with Crippen molar-refractivity contribution in [2.75, 3.05) is 7.11 Å². The lowest BCUT2D eigenvalue weighted by atomic mass is 10.2. The number of ether oxygens (including phenoxy) is 2. The van der Waals surface area contributed by atoms with Crippen LogP contribution in [0.5, 0.6) is 5.75 Å². The van der Waals surface area contributed by atoms with Gasteiger partial charge < -0.3 is 14.8 Å². The number of methoxy groups -OCH3 is 1. The van der Waals surface area contributed by atoms with Crippen molar-refractivity contribution in [3.8, 4) is 5.75 Å². The van der Waals surface area contributed by atoms with E-state index < -0.39 is 6.10 Å². The highest BCUT2D eigenvalue weighted by atomic mass is 16.5. The van der Waals surface area contributed by atoms with Gasteiger partial charge in [0.15, 0.2) is 6.10 Å². The minimum absolute atomic E-state index is 0.0261. The molecule has 1 saturated carbocycles. The van der Waals surface area contributed by atoms with Gasteiger partial charge in [0.1, 0.15) is 5.75 Å². The highest BCUT2D eigenvalue weighted by Crippen LogP contribution is 2.38. The number of nitrogens with one attached hydrogen (secondary N) is 1. The first-order valence-electron chi connectivity index (χ1n) is 7.12.